The van der Waals surface area contributed by atoms with Crippen LogP contribution in [0.25, 0.3) is 0 Å². The Labute approximate surface area is 64.3 Å². The van der Waals surface area contributed by atoms with Crippen LogP contribution < -0.4 is 0 Å². The van der Waals surface area contributed by atoms with Crippen molar-refractivity contribution in [2.45, 2.75) is 13.3 Å². The molecule has 0 aromatic carbocycles. The number of halogens is 3. The highest BCUT2D eigenvalue weighted by Gasteiger charge is 2.19. The molecule has 0 fully saturated rings. The number of aryl methyl sites for hydroxylation is 1. The van der Waals surface area contributed by atoms with Crippen LogP contribution in [-0.2, 0) is 0 Å². The average molecular weight is 212 g/mol. The average Bonchev–Trinajstić information content (AvgIpc) is 2.11. The van der Waals surface area contributed by atoms with Crippen LogP contribution in [-0.4, -0.2) is 5.16 Å². The number of hydrogen-bond donors (Lipinski definition) is 0. The van der Waals surface area contributed by atoms with Crippen molar-refractivity contribution in [3.8, 4) is 0 Å². The molecular weight excluding hydrogens is 208 g/mol. The van der Waals surface area contributed by atoms with E-state index < -0.39 is 6.43 Å². The SMILES string of the molecule is Cc1noc(Br)c1C(F)F. The van der Waals surface area contributed by atoms with Gasteiger partial charge in [0.05, 0.1) is 11.3 Å². The molecule has 0 aliphatic heterocycles. The maximum atomic E-state index is 12.0. The van der Waals surface area contributed by atoms with Crippen LogP contribution in [0.1, 0.15) is 17.7 Å². The van der Waals surface area contributed by atoms with Gasteiger partial charge in [0.25, 0.3) is 6.43 Å². The fraction of sp³-hybridized carbons (Fsp3) is 0.400. The Morgan fingerprint density at radius 2 is 2.20 bits per heavy atom. The van der Waals surface area contributed by atoms with E-state index in [1.807, 2.05) is 0 Å². The summed E-state index contributed by atoms with van der Waals surface area (Å²) in [7, 11) is 0. The predicted molar refractivity (Wildman–Crippen MR) is 33.9 cm³/mol. The molecule has 0 N–H and O–H groups in total. The quantitative estimate of drug-likeness (QED) is 0.715. The summed E-state index contributed by atoms with van der Waals surface area (Å²) in [5.41, 5.74) is 0.0573. The third-order valence-corrected chi connectivity index (χ3v) is 1.65. The molecule has 2 nitrogen and oxygen atoms in total. The van der Waals surface area contributed by atoms with E-state index >= 15 is 0 Å². The van der Waals surface area contributed by atoms with Crippen molar-refractivity contribution in [3.05, 3.63) is 15.9 Å². The Balaban J connectivity index is 3.10. The van der Waals surface area contributed by atoms with Crippen molar-refractivity contribution in [2.75, 3.05) is 0 Å². The van der Waals surface area contributed by atoms with Crippen molar-refractivity contribution >= 4 is 15.9 Å². The minimum atomic E-state index is -2.53. The normalized spacial score (nSPS) is 10.9. The van der Waals surface area contributed by atoms with Gasteiger partial charge < -0.3 is 4.52 Å². The smallest absolute Gasteiger partial charge is 0.269 e. The zero-order chi connectivity index (χ0) is 7.72. The van der Waals surface area contributed by atoms with Crippen molar-refractivity contribution in [1.29, 1.82) is 0 Å². The Hall–Kier alpha value is -0.450. The van der Waals surface area contributed by atoms with E-state index in [-0.39, 0.29) is 15.9 Å². The van der Waals surface area contributed by atoms with Crippen LogP contribution >= 0.6 is 15.9 Å². The van der Waals surface area contributed by atoms with E-state index in [4.69, 9.17) is 0 Å². The Kier molecular flexibility index (Phi) is 2.03. The summed E-state index contributed by atoms with van der Waals surface area (Å²) < 4.78 is 28.4. The lowest BCUT2D eigenvalue weighted by atomic mass is 10.3. The van der Waals surface area contributed by atoms with Crippen LogP contribution in [0.15, 0.2) is 9.19 Å². The van der Waals surface area contributed by atoms with Gasteiger partial charge in [0.2, 0.25) is 4.67 Å². The summed E-state index contributed by atoms with van der Waals surface area (Å²) in [5.74, 6) is 0. The molecule has 0 spiro atoms. The molecule has 10 heavy (non-hydrogen) atoms. The largest absolute Gasteiger partial charge is 0.349 e. The molecule has 1 heterocycles. The molecule has 0 aliphatic carbocycles. The molecular formula is C5H4BrF2NO. The van der Waals surface area contributed by atoms with E-state index in [2.05, 4.69) is 25.6 Å². The molecule has 0 unspecified atom stereocenters. The molecule has 0 bridgehead atoms. The van der Waals surface area contributed by atoms with Gasteiger partial charge >= 0.3 is 0 Å². The van der Waals surface area contributed by atoms with Gasteiger partial charge in [-0.05, 0) is 22.9 Å². The van der Waals surface area contributed by atoms with E-state index in [1.165, 1.54) is 6.92 Å². The molecule has 5 heteroatoms. The van der Waals surface area contributed by atoms with Crippen molar-refractivity contribution in [2.24, 2.45) is 0 Å². The summed E-state index contributed by atoms with van der Waals surface area (Å²) in [6.07, 6.45) is -2.53. The summed E-state index contributed by atoms with van der Waals surface area (Å²) in [5, 5.41) is 3.34. The van der Waals surface area contributed by atoms with Gasteiger partial charge in [-0.15, -0.1) is 0 Å². The van der Waals surface area contributed by atoms with Gasteiger partial charge in [0.15, 0.2) is 0 Å². The topological polar surface area (TPSA) is 26.0 Å². The predicted octanol–water partition coefficient (Wildman–Crippen LogP) is 2.68. The standard InChI is InChI=1S/C5H4BrF2NO/c1-2-3(5(7)8)4(6)10-9-2/h5H,1H3. The highest BCUT2D eigenvalue weighted by Crippen LogP contribution is 2.29. The van der Waals surface area contributed by atoms with Crippen LogP contribution in [0.5, 0.6) is 0 Å². The number of nitrogens with zero attached hydrogens (tertiary/aromatic N) is 1. The highest BCUT2D eigenvalue weighted by molar-refractivity contribution is 9.10. The van der Waals surface area contributed by atoms with E-state index in [9.17, 15) is 8.78 Å². The fourth-order valence-corrected chi connectivity index (χ4v) is 1.13. The number of rotatable bonds is 1. The van der Waals surface area contributed by atoms with Crippen LogP contribution in [0, 0.1) is 6.92 Å². The molecule has 56 valence electrons. The summed E-state index contributed by atoms with van der Waals surface area (Å²) >= 11 is 2.81. The minimum absolute atomic E-state index is 0.0139. The molecule has 1 rings (SSSR count). The molecule has 1 aromatic rings. The maximum Gasteiger partial charge on any atom is 0.269 e. The number of aromatic nitrogens is 1. The van der Waals surface area contributed by atoms with Gasteiger partial charge in [0, 0.05) is 0 Å². The van der Waals surface area contributed by atoms with E-state index in [0.29, 0.717) is 0 Å². The molecule has 1 aromatic heterocycles. The van der Waals surface area contributed by atoms with E-state index in [1.54, 1.807) is 0 Å². The van der Waals surface area contributed by atoms with Crippen molar-refractivity contribution in [1.82, 2.24) is 5.16 Å². The molecule has 0 atom stereocenters. The minimum Gasteiger partial charge on any atom is -0.349 e. The Morgan fingerprint density at radius 3 is 2.40 bits per heavy atom. The molecule has 0 saturated carbocycles. The number of hydrogen-bond acceptors (Lipinski definition) is 2. The van der Waals surface area contributed by atoms with Crippen LogP contribution in [0.3, 0.4) is 0 Å². The Bertz CT molecular complexity index is 216. The van der Waals surface area contributed by atoms with Gasteiger partial charge in [-0.1, -0.05) is 5.16 Å². The molecule has 0 radical (unpaired) electrons. The van der Waals surface area contributed by atoms with Gasteiger partial charge in [0.1, 0.15) is 0 Å². The van der Waals surface area contributed by atoms with Gasteiger partial charge in [-0.3, -0.25) is 0 Å². The van der Waals surface area contributed by atoms with Crippen molar-refractivity contribution < 1.29 is 13.3 Å². The second-order valence-corrected chi connectivity index (χ2v) is 2.48. The fourth-order valence-electron chi connectivity index (χ4n) is 0.593. The van der Waals surface area contributed by atoms with Crippen LogP contribution in [0.4, 0.5) is 8.78 Å². The highest BCUT2D eigenvalue weighted by atomic mass is 79.9. The molecule has 0 aliphatic rings. The lowest BCUT2D eigenvalue weighted by Crippen LogP contribution is -1.84. The van der Waals surface area contributed by atoms with Gasteiger partial charge in [-0.2, -0.15) is 0 Å². The third-order valence-electron chi connectivity index (χ3n) is 1.08. The first-order valence-corrected chi connectivity index (χ1v) is 3.32. The third kappa shape index (κ3) is 1.18. The lowest BCUT2D eigenvalue weighted by Gasteiger charge is -1.92. The zero-order valence-corrected chi connectivity index (χ0v) is 6.65. The first-order valence-electron chi connectivity index (χ1n) is 2.52. The summed E-state index contributed by atoms with van der Waals surface area (Å²) in [6.45, 7) is 1.47. The van der Waals surface area contributed by atoms with E-state index in [0.717, 1.165) is 0 Å². The van der Waals surface area contributed by atoms with Crippen LogP contribution in [0.2, 0.25) is 0 Å². The second-order valence-electron chi connectivity index (χ2n) is 1.76. The monoisotopic (exact) mass is 211 g/mol. The Morgan fingerprint density at radius 1 is 1.60 bits per heavy atom. The number of alkyl halides is 2. The maximum absolute atomic E-state index is 12.0. The second kappa shape index (κ2) is 2.65. The van der Waals surface area contributed by atoms with Crippen molar-refractivity contribution in [3.63, 3.8) is 0 Å². The van der Waals surface area contributed by atoms with Gasteiger partial charge in [-0.25, -0.2) is 8.78 Å². The summed E-state index contributed by atoms with van der Waals surface area (Å²) in [6, 6.07) is 0. The first-order chi connectivity index (χ1) is 4.63. The summed E-state index contributed by atoms with van der Waals surface area (Å²) in [4.78, 5) is 0. The first kappa shape index (κ1) is 7.65. The zero-order valence-electron chi connectivity index (χ0n) is 5.07. The molecule has 0 saturated heterocycles. The lowest BCUT2D eigenvalue weighted by molar-refractivity contribution is 0.148. The molecule has 0 amide bonds.